The number of benzene rings is 1. The zero-order valence-corrected chi connectivity index (χ0v) is 14.7. The van der Waals surface area contributed by atoms with E-state index in [0.717, 1.165) is 16.4 Å². The lowest BCUT2D eigenvalue weighted by Gasteiger charge is -2.35. The molecule has 5 atom stereocenters. The van der Waals surface area contributed by atoms with E-state index in [-0.39, 0.29) is 30.0 Å². The number of aliphatic hydroxyl groups is 1. The monoisotopic (exact) mass is 386 g/mol. The minimum atomic E-state index is -4.75. The van der Waals surface area contributed by atoms with Crippen LogP contribution in [-0.2, 0) is 16.2 Å². The zero-order valence-electron chi connectivity index (χ0n) is 13.9. The highest BCUT2D eigenvalue weighted by Crippen LogP contribution is 2.62. The molecule has 0 radical (unpaired) electrons. The summed E-state index contributed by atoms with van der Waals surface area (Å²) in [6, 6.07) is 4.48. The van der Waals surface area contributed by atoms with Crippen LogP contribution < -0.4 is 4.31 Å². The molecule has 9 heteroatoms. The molecule has 1 heterocycles. The minimum Gasteiger partial charge on any atom is -0.393 e. The summed E-state index contributed by atoms with van der Waals surface area (Å²) in [4.78, 5) is 0. The van der Waals surface area contributed by atoms with Crippen LogP contribution in [0.3, 0.4) is 0 Å². The van der Waals surface area contributed by atoms with E-state index in [9.17, 15) is 26.7 Å². The fraction of sp³-hybridized carbons (Fsp3) is 0.588. The van der Waals surface area contributed by atoms with Gasteiger partial charge < -0.3 is 5.11 Å². The van der Waals surface area contributed by atoms with Crippen molar-refractivity contribution in [3.8, 4) is 6.07 Å². The van der Waals surface area contributed by atoms with Crippen LogP contribution in [0.15, 0.2) is 18.2 Å². The van der Waals surface area contributed by atoms with Crippen LogP contribution in [0.5, 0.6) is 0 Å². The molecule has 1 saturated heterocycles. The highest BCUT2D eigenvalue weighted by molar-refractivity contribution is 7.94. The molecule has 140 valence electrons. The number of fused-ring (bicyclic) bond motifs is 5. The van der Waals surface area contributed by atoms with Gasteiger partial charge in [-0.1, -0.05) is 0 Å². The molecule has 26 heavy (non-hydrogen) atoms. The lowest BCUT2D eigenvalue weighted by molar-refractivity contribution is -0.137. The van der Waals surface area contributed by atoms with Gasteiger partial charge in [0.25, 0.3) is 0 Å². The average molecular weight is 386 g/mol. The van der Waals surface area contributed by atoms with E-state index < -0.39 is 38.2 Å². The van der Waals surface area contributed by atoms with Crippen molar-refractivity contribution in [2.24, 2.45) is 17.8 Å². The number of nitriles is 1. The van der Waals surface area contributed by atoms with Gasteiger partial charge in [-0.25, -0.2) is 8.42 Å². The summed E-state index contributed by atoms with van der Waals surface area (Å²) in [6.45, 7) is 1.71. The Bertz CT molecular complexity index is 924. The van der Waals surface area contributed by atoms with Crippen molar-refractivity contribution in [1.29, 1.82) is 5.26 Å². The van der Waals surface area contributed by atoms with Gasteiger partial charge in [0.1, 0.15) is 0 Å². The molecule has 5 nitrogen and oxygen atoms in total. The predicted molar refractivity (Wildman–Crippen MR) is 86.5 cm³/mol. The summed E-state index contributed by atoms with van der Waals surface area (Å²) < 4.78 is 66.1. The standard InChI is InChI=1S/C17H17F3N2O3S/c1-16-10-4-12(15(23)5-10)14(16)8-22(26(16,24)25)11-3-2-9(7-21)13(6-11)17(18,19)20/h2-3,6,10,12,14-15,23H,4-5,8H2,1H3/t10-,12+,14+,15-,16-/m1/s1. The third-order valence-electron chi connectivity index (χ3n) is 6.57. The largest absolute Gasteiger partial charge is 0.417 e. The van der Waals surface area contributed by atoms with E-state index in [1.54, 1.807) is 6.92 Å². The van der Waals surface area contributed by atoms with Crippen LogP contribution in [0.25, 0.3) is 0 Å². The molecule has 0 unspecified atom stereocenters. The van der Waals surface area contributed by atoms with Crippen molar-refractivity contribution in [2.75, 3.05) is 10.8 Å². The van der Waals surface area contributed by atoms with E-state index in [1.807, 2.05) is 0 Å². The first-order valence-corrected chi connectivity index (χ1v) is 9.77. The summed E-state index contributed by atoms with van der Waals surface area (Å²) in [5.41, 5.74) is -1.77. The molecule has 3 fully saturated rings. The summed E-state index contributed by atoms with van der Waals surface area (Å²) in [5.74, 6) is -0.653. The number of halogens is 3. The maximum Gasteiger partial charge on any atom is 0.417 e. The second-order valence-corrected chi connectivity index (χ2v) is 9.84. The second kappa shape index (κ2) is 5.14. The highest BCUT2D eigenvalue weighted by Gasteiger charge is 2.70. The topological polar surface area (TPSA) is 81.4 Å². The maximum atomic E-state index is 13.2. The van der Waals surface area contributed by atoms with E-state index in [1.165, 1.54) is 12.1 Å². The number of hydrogen-bond acceptors (Lipinski definition) is 4. The fourth-order valence-corrected chi connectivity index (χ4v) is 7.64. The Morgan fingerprint density at radius 3 is 2.65 bits per heavy atom. The summed E-state index contributed by atoms with van der Waals surface area (Å²) in [7, 11) is -3.88. The van der Waals surface area contributed by atoms with Gasteiger partial charge in [-0.15, -0.1) is 0 Å². The number of nitrogens with zero attached hydrogens (tertiary/aromatic N) is 2. The Morgan fingerprint density at radius 1 is 1.35 bits per heavy atom. The Balaban J connectivity index is 1.80. The normalized spacial score (nSPS) is 37.6. The van der Waals surface area contributed by atoms with Crippen LogP contribution in [0.2, 0.25) is 0 Å². The quantitative estimate of drug-likeness (QED) is 0.804. The van der Waals surface area contributed by atoms with Gasteiger partial charge in [0.15, 0.2) is 0 Å². The van der Waals surface area contributed by atoms with Crippen molar-refractivity contribution in [3.05, 3.63) is 29.3 Å². The Labute approximate surface area is 149 Å². The van der Waals surface area contributed by atoms with Crippen LogP contribution in [0.4, 0.5) is 18.9 Å². The fourth-order valence-electron chi connectivity index (χ4n) is 5.17. The molecule has 1 aliphatic heterocycles. The molecule has 2 saturated carbocycles. The Morgan fingerprint density at radius 2 is 2.04 bits per heavy atom. The molecule has 1 aromatic rings. The number of sulfonamides is 1. The first-order valence-electron chi connectivity index (χ1n) is 8.33. The van der Waals surface area contributed by atoms with E-state index in [2.05, 4.69) is 0 Å². The average Bonchev–Trinajstić information content (AvgIpc) is 3.13. The number of hydrogen-bond donors (Lipinski definition) is 1. The van der Waals surface area contributed by atoms with Gasteiger partial charge in [-0.05, 0) is 49.8 Å². The first-order chi connectivity index (χ1) is 12.0. The molecule has 1 aromatic carbocycles. The van der Waals surface area contributed by atoms with E-state index in [4.69, 9.17) is 5.26 Å². The molecule has 0 spiro atoms. The third kappa shape index (κ3) is 2.03. The number of alkyl halides is 3. The Kier molecular flexibility index (Phi) is 3.48. The van der Waals surface area contributed by atoms with Gasteiger partial charge in [0.2, 0.25) is 10.0 Å². The summed E-state index contributed by atoms with van der Waals surface area (Å²) in [6.07, 6.45) is -4.26. The third-order valence-corrected chi connectivity index (χ3v) is 9.25. The van der Waals surface area contributed by atoms with Crippen LogP contribution >= 0.6 is 0 Å². The number of anilines is 1. The lowest BCUT2D eigenvalue weighted by atomic mass is 9.78. The van der Waals surface area contributed by atoms with Crippen molar-refractivity contribution >= 4 is 15.7 Å². The van der Waals surface area contributed by atoms with Crippen molar-refractivity contribution < 1.29 is 26.7 Å². The van der Waals surface area contributed by atoms with Crippen LogP contribution in [0, 0.1) is 29.1 Å². The number of aliphatic hydroxyl groups excluding tert-OH is 1. The van der Waals surface area contributed by atoms with Gasteiger partial charge in [-0.3, -0.25) is 4.31 Å². The summed E-state index contributed by atoms with van der Waals surface area (Å²) >= 11 is 0. The molecular formula is C17H17F3N2O3S. The molecule has 0 aromatic heterocycles. The number of rotatable bonds is 1. The smallest absolute Gasteiger partial charge is 0.393 e. The summed E-state index contributed by atoms with van der Waals surface area (Å²) in [5, 5.41) is 19.0. The van der Waals surface area contributed by atoms with Crippen molar-refractivity contribution in [2.45, 2.75) is 36.8 Å². The maximum absolute atomic E-state index is 13.2. The lowest BCUT2D eigenvalue weighted by Crippen LogP contribution is -2.47. The SMILES string of the molecule is C[C@@]12[C@@H]3C[C@H]([C@H](O)C3)[C@@H]1CN(c1ccc(C#N)c(C(F)(F)F)c1)S2(=O)=O. The predicted octanol–water partition coefficient (Wildman–Crippen LogP) is 2.50. The van der Waals surface area contributed by atoms with E-state index in [0.29, 0.717) is 12.8 Å². The molecule has 0 amide bonds. The Hall–Kier alpha value is -1.79. The first kappa shape index (κ1) is 17.6. The van der Waals surface area contributed by atoms with Crippen LogP contribution in [-0.4, -0.2) is 30.9 Å². The van der Waals surface area contributed by atoms with Gasteiger partial charge in [0, 0.05) is 12.5 Å². The molecule has 4 rings (SSSR count). The van der Waals surface area contributed by atoms with Gasteiger partial charge in [-0.2, -0.15) is 18.4 Å². The molecule has 2 aliphatic carbocycles. The zero-order chi connectivity index (χ0) is 19.1. The van der Waals surface area contributed by atoms with E-state index >= 15 is 0 Å². The van der Waals surface area contributed by atoms with Gasteiger partial charge >= 0.3 is 6.18 Å². The van der Waals surface area contributed by atoms with Crippen LogP contribution in [0.1, 0.15) is 30.9 Å². The molecule has 3 aliphatic rings. The van der Waals surface area contributed by atoms with Crippen molar-refractivity contribution in [3.63, 3.8) is 0 Å². The highest BCUT2D eigenvalue weighted by atomic mass is 32.2. The van der Waals surface area contributed by atoms with Gasteiger partial charge in [0.05, 0.1) is 33.7 Å². The second-order valence-electron chi connectivity index (χ2n) is 7.57. The molecule has 2 bridgehead atoms. The van der Waals surface area contributed by atoms with Crippen molar-refractivity contribution in [1.82, 2.24) is 0 Å². The molecule has 1 N–H and O–H groups in total. The molecular weight excluding hydrogens is 369 g/mol. The minimum absolute atomic E-state index is 0.0558.